The number of rotatable bonds is 5. The van der Waals surface area contributed by atoms with Gasteiger partial charge in [-0.1, -0.05) is 30.3 Å². The molecule has 2 aromatic heterocycles. The zero-order chi connectivity index (χ0) is 22.1. The first-order valence-corrected chi connectivity index (χ1v) is 10.4. The van der Waals surface area contributed by atoms with E-state index in [4.69, 9.17) is 5.11 Å². The zero-order valence-electron chi connectivity index (χ0n) is 17.0. The number of benzene rings is 2. The van der Waals surface area contributed by atoms with E-state index in [1.54, 1.807) is 34.1 Å². The predicted octanol–water partition coefficient (Wildman–Crippen LogP) is 4.71. The molecular weight excluding hydrogens is 412 g/mol. The van der Waals surface area contributed by atoms with Crippen molar-refractivity contribution >= 4 is 17.3 Å². The van der Waals surface area contributed by atoms with Crippen molar-refractivity contribution in [1.29, 1.82) is 0 Å². The van der Waals surface area contributed by atoms with Gasteiger partial charge in [0.25, 0.3) is 5.56 Å². The summed E-state index contributed by atoms with van der Waals surface area (Å²) in [6, 6.07) is 17.5. The van der Waals surface area contributed by atoms with E-state index in [1.165, 1.54) is 12.1 Å². The van der Waals surface area contributed by atoms with E-state index in [0.29, 0.717) is 6.54 Å². The summed E-state index contributed by atoms with van der Waals surface area (Å²) in [5, 5.41) is 20.0. The van der Waals surface area contributed by atoms with E-state index in [-0.39, 0.29) is 16.9 Å². The second kappa shape index (κ2) is 8.20. The van der Waals surface area contributed by atoms with E-state index >= 15 is 0 Å². The maximum atomic E-state index is 12.2. The zero-order valence-corrected chi connectivity index (χ0v) is 17.8. The van der Waals surface area contributed by atoms with Gasteiger partial charge in [0.15, 0.2) is 0 Å². The van der Waals surface area contributed by atoms with Crippen LogP contribution in [-0.4, -0.2) is 25.7 Å². The van der Waals surface area contributed by atoms with Gasteiger partial charge in [-0.25, -0.2) is 9.78 Å². The fourth-order valence-electron chi connectivity index (χ4n) is 3.48. The van der Waals surface area contributed by atoms with E-state index < -0.39 is 5.97 Å². The van der Waals surface area contributed by atoms with E-state index in [1.807, 2.05) is 44.2 Å². The molecule has 6 nitrogen and oxygen atoms in total. The van der Waals surface area contributed by atoms with Gasteiger partial charge in [-0.05, 0) is 54.8 Å². The van der Waals surface area contributed by atoms with Gasteiger partial charge in [-0.2, -0.15) is 0 Å². The van der Waals surface area contributed by atoms with Gasteiger partial charge in [0, 0.05) is 11.8 Å². The molecule has 0 unspecified atom stereocenters. The second-order valence-corrected chi connectivity index (χ2v) is 8.32. The number of thiazole rings is 1. The number of hydrogen-bond donors (Lipinski definition) is 2. The SMILES string of the molecule is Cc1nc(Cn2c(C)cccc2=O)sc1-c1cccc(-c2ccc(C(=O)O)c(O)c2)c1. The van der Waals surface area contributed by atoms with Crippen molar-refractivity contribution in [3.05, 3.63) is 93.0 Å². The quantitative estimate of drug-likeness (QED) is 0.477. The summed E-state index contributed by atoms with van der Waals surface area (Å²) in [6.07, 6.45) is 0. The van der Waals surface area contributed by atoms with Crippen LogP contribution in [0.15, 0.2) is 65.5 Å². The molecule has 2 heterocycles. The molecule has 0 saturated carbocycles. The minimum atomic E-state index is -1.17. The summed E-state index contributed by atoms with van der Waals surface area (Å²) in [4.78, 5) is 29.0. The standard InChI is InChI=1S/C24H20N2O4S/c1-14-5-3-8-22(28)26(14)13-21-25-15(2)23(31-21)18-7-4-6-16(11-18)17-9-10-19(24(29)30)20(27)12-17/h3-12,27H,13H2,1-2H3,(H,29,30). The van der Waals surface area contributed by atoms with Gasteiger partial charge >= 0.3 is 5.97 Å². The fraction of sp³-hybridized carbons (Fsp3) is 0.125. The number of hydrogen-bond acceptors (Lipinski definition) is 5. The summed E-state index contributed by atoms with van der Waals surface area (Å²) in [7, 11) is 0. The average Bonchev–Trinajstić information content (AvgIpc) is 3.11. The molecule has 4 aromatic rings. The van der Waals surface area contributed by atoms with Crippen molar-refractivity contribution in [2.24, 2.45) is 0 Å². The Balaban J connectivity index is 1.68. The molecule has 0 fully saturated rings. The van der Waals surface area contributed by atoms with Crippen molar-refractivity contribution in [2.75, 3.05) is 0 Å². The molecule has 0 spiro atoms. The maximum Gasteiger partial charge on any atom is 0.339 e. The minimum Gasteiger partial charge on any atom is -0.507 e. The molecule has 0 aliphatic rings. The van der Waals surface area contributed by atoms with Crippen LogP contribution in [0.25, 0.3) is 21.6 Å². The largest absolute Gasteiger partial charge is 0.507 e. The van der Waals surface area contributed by atoms with Crippen LogP contribution in [0.3, 0.4) is 0 Å². The van der Waals surface area contributed by atoms with Crippen LogP contribution in [0.5, 0.6) is 5.75 Å². The third-order valence-electron chi connectivity index (χ3n) is 5.09. The van der Waals surface area contributed by atoms with Crippen LogP contribution in [0.4, 0.5) is 0 Å². The first kappa shape index (κ1) is 20.6. The molecule has 7 heteroatoms. The third kappa shape index (κ3) is 4.13. The van der Waals surface area contributed by atoms with Crippen molar-refractivity contribution in [1.82, 2.24) is 9.55 Å². The lowest BCUT2D eigenvalue weighted by molar-refractivity contribution is 0.0694. The van der Waals surface area contributed by atoms with E-state index in [9.17, 15) is 14.7 Å². The summed E-state index contributed by atoms with van der Waals surface area (Å²) in [5.74, 6) is -1.44. The topological polar surface area (TPSA) is 92.4 Å². The lowest BCUT2D eigenvalue weighted by atomic mass is 10.0. The molecule has 156 valence electrons. The molecule has 2 N–H and O–H groups in total. The Kier molecular flexibility index (Phi) is 5.44. The number of aromatic hydroxyl groups is 1. The van der Waals surface area contributed by atoms with Crippen molar-refractivity contribution in [3.63, 3.8) is 0 Å². The monoisotopic (exact) mass is 432 g/mol. The van der Waals surface area contributed by atoms with Crippen LogP contribution >= 0.6 is 11.3 Å². The van der Waals surface area contributed by atoms with Crippen LogP contribution in [-0.2, 0) is 6.54 Å². The normalized spacial score (nSPS) is 10.9. The lowest BCUT2D eigenvalue weighted by Crippen LogP contribution is -2.21. The first-order valence-electron chi connectivity index (χ1n) is 9.63. The fourth-order valence-corrected chi connectivity index (χ4v) is 4.53. The van der Waals surface area contributed by atoms with Gasteiger partial charge in [-0.15, -0.1) is 11.3 Å². The number of aromatic nitrogens is 2. The minimum absolute atomic E-state index is 0.0546. The number of aryl methyl sites for hydroxylation is 2. The maximum absolute atomic E-state index is 12.2. The molecule has 0 radical (unpaired) electrons. The number of nitrogens with zero attached hydrogens (tertiary/aromatic N) is 2. The number of aromatic carboxylic acids is 1. The number of carboxylic acid groups (broad SMARTS) is 1. The highest BCUT2D eigenvalue weighted by Crippen LogP contribution is 2.34. The molecule has 0 saturated heterocycles. The van der Waals surface area contributed by atoms with Crippen molar-refractivity contribution < 1.29 is 15.0 Å². The Morgan fingerprint density at radius 2 is 1.71 bits per heavy atom. The molecule has 0 atom stereocenters. The Labute approximate surface area is 182 Å². The van der Waals surface area contributed by atoms with Gasteiger partial charge in [-0.3, -0.25) is 4.79 Å². The lowest BCUT2D eigenvalue weighted by Gasteiger charge is -2.07. The van der Waals surface area contributed by atoms with Gasteiger partial charge in [0.2, 0.25) is 0 Å². The smallest absolute Gasteiger partial charge is 0.339 e. The number of carboxylic acids is 1. The molecule has 0 bridgehead atoms. The number of carbonyl (C=O) groups is 1. The predicted molar refractivity (Wildman–Crippen MR) is 121 cm³/mol. The highest BCUT2D eigenvalue weighted by atomic mass is 32.1. The van der Waals surface area contributed by atoms with Crippen molar-refractivity contribution in [3.8, 4) is 27.3 Å². The Hall–Kier alpha value is -3.71. The Morgan fingerprint density at radius 3 is 2.42 bits per heavy atom. The molecular formula is C24H20N2O4S. The number of pyridine rings is 1. The molecule has 0 aliphatic heterocycles. The van der Waals surface area contributed by atoms with E-state index in [2.05, 4.69) is 4.98 Å². The van der Waals surface area contributed by atoms with Crippen LogP contribution in [0.2, 0.25) is 0 Å². The molecule has 0 amide bonds. The number of phenols is 1. The van der Waals surface area contributed by atoms with Crippen LogP contribution in [0.1, 0.15) is 26.8 Å². The molecule has 2 aromatic carbocycles. The summed E-state index contributed by atoms with van der Waals surface area (Å²) < 4.78 is 1.70. The summed E-state index contributed by atoms with van der Waals surface area (Å²) in [5.41, 5.74) is 4.12. The van der Waals surface area contributed by atoms with Gasteiger partial charge in [0.05, 0.1) is 17.1 Å². The highest BCUT2D eigenvalue weighted by molar-refractivity contribution is 7.15. The van der Waals surface area contributed by atoms with Crippen molar-refractivity contribution in [2.45, 2.75) is 20.4 Å². The van der Waals surface area contributed by atoms with Gasteiger partial charge < -0.3 is 14.8 Å². The van der Waals surface area contributed by atoms with Crippen LogP contribution < -0.4 is 5.56 Å². The summed E-state index contributed by atoms with van der Waals surface area (Å²) >= 11 is 1.54. The summed E-state index contributed by atoms with van der Waals surface area (Å²) in [6.45, 7) is 4.26. The first-order chi connectivity index (χ1) is 14.8. The Bertz CT molecular complexity index is 1350. The van der Waals surface area contributed by atoms with Crippen LogP contribution in [0, 0.1) is 13.8 Å². The highest BCUT2D eigenvalue weighted by Gasteiger charge is 2.14. The molecule has 4 rings (SSSR count). The molecule has 31 heavy (non-hydrogen) atoms. The molecule has 0 aliphatic carbocycles. The van der Waals surface area contributed by atoms with Gasteiger partial charge in [0.1, 0.15) is 16.3 Å². The second-order valence-electron chi connectivity index (χ2n) is 7.23. The Morgan fingerprint density at radius 1 is 1.00 bits per heavy atom. The third-order valence-corrected chi connectivity index (χ3v) is 6.28. The van der Waals surface area contributed by atoms with E-state index in [0.717, 1.165) is 38.0 Å². The average molecular weight is 433 g/mol.